The Morgan fingerprint density at radius 3 is 2.45 bits per heavy atom. The van der Waals surface area contributed by atoms with E-state index in [1.807, 2.05) is 19.9 Å². The van der Waals surface area contributed by atoms with Gasteiger partial charge in [-0.25, -0.2) is 0 Å². The molecule has 1 unspecified atom stereocenters. The highest BCUT2D eigenvalue weighted by molar-refractivity contribution is 5.97. The molecule has 0 bridgehead atoms. The van der Waals surface area contributed by atoms with E-state index in [-0.39, 0.29) is 11.8 Å². The van der Waals surface area contributed by atoms with Crippen LogP contribution < -0.4 is 0 Å². The zero-order valence-electron chi connectivity index (χ0n) is 12.5. The summed E-state index contributed by atoms with van der Waals surface area (Å²) in [5, 5.41) is 9.09. The maximum atomic E-state index is 12.7. The van der Waals surface area contributed by atoms with Gasteiger partial charge in [-0.2, -0.15) is 0 Å². The molecular weight excluding hydrogens is 284 g/mol. The van der Waals surface area contributed by atoms with Gasteiger partial charge in [0.25, 0.3) is 5.91 Å². The molecule has 6 heteroatoms. The second-order valence-corrected chi connectivity index (χ2v) is 5.44. The summed E-state index contributed by atoms with van der Waals surface area (Å²) >= 11 is 0. The maximum absolute atomic E-state index is 12.7. The quantitative estimate of drug-likeness (QED) is 0.834. The first kappa shape index (κ1) is 15.8. The zero-order chi connectivity index (χ0) is 16.3. The minimum atomic E-state index is -1.10. The Labute approximate surface area is 128 Å². The summed E-state index contributed by atoms with van der Waals surface area (Å²) in [7, 11) is 0. The largest absolute Gasteiger partial charge is 0.480 e. The van der Waals surface area contributed by atoms with Crippen LogP contribution in [0.1, 0.15) is 19.4 Å². The third-order valence-electron chi connectivity index (χ3n) is 3.52. The molecule has 2 amide bonds. The number of nitrogens with zero attached hydrogens (tertiary/aromatic N) is 2. The monoisotopic (exact) mass is 302 g/mol. The van der Waals surface area contributed by atoms with Crippen LogP contribution in [0.3, 0.4) is 0 Å². The van der Waals surface area contributed by atoms with Crippen molar-refractivity contribution in [1.29, 1.82) is 0 Å². The highest BCUT2D eigenvalue weighted by atomic mass is 16.4. The van der Waals surface area contributed by atoms with Crippen LogP contribution in [0.5, 0.6) is 0 Å². The number of hydrogen-bond acceptors (Lipinski definition) is 3. The molecule has 1 aliphatic rings. The van der Waals surface area contributed by atoms with E-state index in [4.69, 9.17) is 5.11 Å². The number of carboxylic acids is 1. The second-order valence-electron chi connectivity index (χ2n) is 5.44. The minimum absolute atomic E-state index is 0.123. The molecule has 0 spiro atoms. The van der Waals surface area contributed by atoms with Crippen LogP contribution >= 0.6 is 0 Å². The molecule has 1 N–H and O–H groups in total. The van der Waals surface area contributed by atoms with E-state index in [1.165, 1.54) is 16.0 Å². The lowest BCUT2D eigenvalue weighted by Gasteiger charge is -2.39. The van der Waals surface area contributed by atoms with Gasteiger partial charge >= 0.3 is 5.97 Å². The smallest absolute Gasteiger partial charge is 0.323 e. The average molecular weight is 302 g/mol. The molecule has 0 aromatic heterocycles. The van der Waals surface area contributed by atoms with E-state index in [9.17, 15) is 14.4 Å². The summed E-state index contributed by atoms with van der Waals surface area (Å²) in [6, 6.07) is 8.26. The van der Waals surface area contributed by atoms with Crippen molar-refractivity contribution in [3.63, 3.8) is 0 Å². The van der Waals surface area contributed by atoms with Crippen LogP contribution in [0.25, 0.3) is 5.70 Å². The molecule has 0 radical (unpaired) electrons. The maximum Gasteiger partial charge on any atom is 0.323 e. The standard InChI is InChI=1S/C16H18N2O4/c1-11(2)15-16(22)18(9-14(20)21)13(8-17(15)10-19)12-6-4-3-5-7-12/h3-8,10-11,15H,9H2,1-2H3,(H,20,21). The number of carboxylic acid groups (broad SMARTS) is 1. The Hall–Kier alpha value is -2.63. The third-order valence-corrected chi connectivity index (χ3v) is 3.52. The number of carbonyl (C=O) groups is 3. The van der Waals surface area contributed by atoms with Crippen LogP contribution in [0.4, 0.5) is 0 Å². The molecular formula is C16H18N2O4. The second kappa shape index (κ2) is 6.43. The number of hydrogen-bond donors (Lipinski definition) is 1. The fourth-order valence-corrected chi connectivity index (χ4v) is 2.56. The van der Waals surface area contributed by atoms with Gasteiger partial charge in [0.15, 0.2) is 0 Å². The zero-order valence-corrected chi connectivity index (χ0v) is 12.5. The van der Waals surface area contributed by atoms with Gasteiger partial charge in [-0.1, -0.05) is 44.2 Å². The van der Waals surface area contributed by atoms with Crippen LogP contribution in [0.2, 0.25) is 0 Å². The SMILES string of the molecule is CC(C)C1C(=O)N(CC(=O)O)C(c2ccccc2)=CN1C=O. The van der Waals surface area contributed by atoms with Crippen LogP contribution in [-0.2, 0) is 14.4 Å². The van der Waals surface area contributed by atoms with Gasteiger partial charge in [-0.05, 0) is 11.5 Å². The fraction of sp³-hybridized carbons (Fsp3) is 0.312. The molecule has 0 aliphatic carbocycles. The van der Waals surface area contributed by atoms with Crippen molar-refractivity contribution < 1.29 is 19.5 Å². The van der Waals surface area contributed by atoms with Gasteiger partial charge in [0.05, 0.1) is 5.70 Å². The van der Waals surface area contributed by atoms with Crippen molar-refractivity contribution in [2.75, 3.05) is 6.54 Å². The van der Waals surface area contributed by atoms with E-state index < -0.39 is 18.6 Å². The Morgan fingerprint density at radius 1 is 1.32 bits per heavy atom. The first-order valence-corrected chi connectivity index (χ1v) is 6.99. The lowest BCUT2D eigenvalue weighted by molar-refractivity contribution is -0.146. The lowest BCUT2D eigenvalue weighted by Crippen LogP contribution is -2.53. The predicted molar refractivity (Wildman–Crippen MR) is 80.3 cm³/mol. The van der Waals surface area contributed by atoms with E-state index in [2.05, 4.69) is 0 Å². The highest BCUT2D eigenvalue weighted by Crippen LogP contribution is 2.28. The molecule has 1 aromatic rings. The summed E-state index contributed by atoms with van der Waals surface area (Å²) in [5.74, 6) is -1.61. The van der Waals surface area contributed by atoms with Crippen molar-refractivity contribution in [2.45, 2.75) is 19.9 Å². The van der Waals surface area contributed by atoms with E-state index in [1.54, 1.807) is 24.3 Å². The lowest BCUT2D eigenvalue weighted by atomic mass is 9.97. The number of amides is 2. The number of benzene rings is 1. The van der Waals surface area contributed by atoms with Gasteiger partial charge in [-0.15, -0.1) is 0 Å². The topological polar surface area (TPSA) is 77.9 Å². The third kappa shape index (κ3) is 3.00. The van der Waals surface area contributed by atoms with E-state index in [0.717, 1.165) is 0 Å². The van der Waals surface area contributed by atoms with Crippen LogP contribution in [0, 0.1) is 5.92 Å². The molecule has 0 saturated heterocycles. The van der Waals surface area contributed by atoms with Gasteiger partial charge in [0.1, 0.15) is 12.6 Å². The molecule has 0 saturated carbocycles. The first-order chi connectivity index (χ1) is 10.5. The summed E-state index contributed by atoms with van der Waals surface area (Å²) in [5.41, 5.74) is 1.10. The van der Waals surface area contributed by atoms with E-state index in [0.29, 0.717) is 17.7 Å². The molecule has 22 heavy (non-hydrogen) atoms. The average Bonchev–Trinajstić information content (AvgIpc) is 2.48. The molecule has 0 fully saturated rings. The number of aliphatic carboxylic acids is 1. The predicted octanol–water partition coefficient (Wildman–Crippen LogP) is 1.39. The van der Waals surface area contributed by atoms with Crippen molar-refractivity contribution in [3.8, 4) is 0 Å². The Morgan fingerprint density at radius 2 is 1.95 bits per heavy atom. The minimum Gasteiger partial charge on any atom is -0.480 e. The van der Waals surface area contributed by atoms with Crippen molar-refractivity contribution in [1.82, 2.24) is 9.80 Å². The fourth-order valence-electron chi connectivity index (χ4n) is 2.56. The molecule has 1 aromatic carbocycles. The van der Waals surface area contributed by atoms with Crippen molar-refractivity contribution >= 4 is 24.0 Å². The first-order valence-electron chi connectivity index (χ1n) is 6.99. The van der Waals surface area contributed by atoms with Crippen molar-refractivity contribution in [3.05, 3.63) is 42.1 Å². The summed E-state index contributed by atoms with van der Waals surface area (Å²) in [4.78, 5) is 37.6. The Bertz CT molecular complexity index is 610. The molecule has 1 atom stereocenters. The number of carbonyl (C=O) groups excluding carboxylic acids is 2. The highest BCUT2D eigenvalue weighted by Gasteiger charge is 2.38. The van der Waals surface area contributed by atoms with Gasteiger partial charge in [0, 0.05) is 6.20 Å². The van der Waals surface area contributed by atoms with Crippen molar-refractivity contribution in [2.24, 2.45) is 5.92 Å². The molecule has 116 valence electrons. The Balaban J connectivity index is 2.53. The normalized spacial score (nSPS) is 18.4. The van der Waals surface area contributed by atoms with Gasteiger partial charge < -0.3 is 10.0 Å². The molecule has 6 nitrogen and oxygen atoms in total. The summed E-state index contributed by atoms with van der Waals surface area (Å²) < 4.78 is 0. The molecule has 1 heterocycles. The van der Waals surface area contributed by atoms with Gasteiger partial charge in [-0.3, -0.25) is 19.3 Å². The van der Waals surface area contributed by atoms with Gasteiger partial charge in [0.2, 0.25) is 6.41 Å². The molecule has 2 rings (SSSR count). The van der Waals surface area contributed by atoms with Crippen LogP contribution in [-0.4, -0.2) is 45.8 Å². The number of rotatable bonds is 5. The summed E-state index contributed by atoms with van der Waals surface area (Å²) in [6.07, 6.45) is 2.14. The Kier molecular flexibility index (Phi) is 4.60. The van der Waals surface area contributed by atoms with Crippen LogP contribution in [0.15, 0.2) is 36.5 Å². The summed E-state index contributed by atoms with van der Waals surface area (Å²) in [6.45, 7) is 3.20. The molecule has 1 aliphatic heterocycles. The van der Waals surface area contributed by atoms with E-state index >= 15 is 0 Å².